The van der Waals surface area contributed by atoms with Gasteiger partial charge < -0.3 is 0 Å². The molecule has 1 aromatic carbocycles. The Kier molecular flexibility index (Phi) is 5.13. The van der Waals surface area contributed by atoms with Crippen molar-refractivity contribution in [3.63, 3.8) is 0 Å². The summed E-state index contributed by atoms with van der Waals surface area (Å²) in [5, 5.41) is 4.48. The second-order valence-electron chi connectivity index (χ2n) is 7.71. The normalized spacial score (nSPS) is 20.1. The van der Waals surface area contributed by atoms with E-state index in [-0.39, 0.29) is 22.5 Å². The van der Waals surface area contributed by atoms with E-state index in [1.165, 1.54) is 27.2 Å². The summed E-state index contributed by atoms with van der Waals surface area (Å²) in [4.78, 5) is 12.6. The molecule has 9 heteroatoms. The van der Waals surface area contributed by atoms with Crippen molar-refractivity contribution in [1.29, 1.82) is 0 Å². The Hall–Kier alpha value is -2.00. The Morgan fingerprint density at radius 2 is 1.79 bits per heavy atom. The molecule has 7 nitrogen and oxygen atoms in total. The minimum atomic E-state index is -3.72. The van der Waals surface area contributed by atoms with Gasteiger partial charge >= 0.3 is 5.69 Å². The van der Waals surface area contributed by atoms with Crippen molar-refractivity contribution in [3.8, 4) is 0 Å². The fourth-order valence-corrected chi connectivity index (χ4v) is 5.92. The predicted molar refractivity (Wildman–Crippen MR) is 102 cm³/mol. The third-order valence-electron chi connectivity index (χ3n) is 5.92. The standard InChI is InChI=1S/C19H25FN4O3S/c1-22-19(25)24(16-6-2-3-7-16)18(21-22)14-9-11-23(12-10-14)28(26,27)17-8-4-5-15(20)13-17/h4-5,8,13-14,16H,2-3,6-7,9-12H2,1H3. The molecule has 152 valence electrons. The molecule has 2 aliphatic rings. The smallest absolute Gasteiger partial charge is 0.276 e. The number of hydrogen-bond donors (Lipinski definition) is 0. The van der Waals surface area contributed by atoms with E-state index in [2.05, 4.69) is 5.10 Å². The Bertz CT molecular complexity index is 1020. The number of aromatic nitrogens is 3. The number of halogens is 1. The Labute approximate surface area is 163 Å². The van der Waals surface area contributed by atoms with Crippen LogP contribution >= 0.6 is 0 Å². The number of hydrogen-bond acceptors (Lipinski definition) is 4. The van der Waals surface area contributed by atoms with E-state index >= 15 is 0 Å². The van der Waals surface area contributed by atoms with Gasteiger partial charge in [-0.05, 0) is 43.9 Å². The second-order valence-corrected chi connectivity index (χ2v) is 9.65. The molecule has 0 atom stereocenters. The maximum atomic E-state index is 13.5. The van der Waals surface area contributed by atoms with Crippen LogP contribution in [0.2, 0.25) is 0 Å². The van der Waals surface area contributed by atoms with Gasteiger partial charge in [-0.1, -0.05) is 18.9 Å². The van der Waals surface area contributed by atoms with Crippen LogP contribution in [0.25, 0.3) is 0 Å². The molecule has 2 heterocycles. The predicted octanol–water partition coefficient (Wildman–Crippen LogP) is 2.40. The summed E-state index contributed by atoms with van der Waals surface area (Å²) in [7, 11) is -2.05. The second kappa shape index (κ2) is 7.44. The Morgan fingerprint density at radius 1 is 1.11 bits per heavy atom. The first kappa shape index (κ1) is 19.3. The van der Waals surface area contributed by atoms with E-state index in [0.717, 1.165) is 37.6 Å². The molecule has 1 saturated carbocycles. The van der Waals surface area contributed by atoms with E-state index in [4.69, 9.17) is 0 Å². The van der Waals surface area contributed by atoms with Crippen LogP contribution in [0.5, 0.6) is 0 Å². The largest absolute Gasteiger partial charge is 0.345 e. The monoisotopic (exact) mass is 408 g/mol. The molecule has 0 amide bonds. The van der Waals surface area contributed by atoms with Gasteiger partial charge in [0.2, 0.25) is 10.0 Å². The van der Waals surface area contributed by atoms with Gasteiger partial charge in [-0.25, -0.2) is 22.3 Å². The van der Waals surface area contributed by atoms with Crippen molar-refractivity contribution in [2.45, 2.75) is 55.4 Å². The topological polar surface area (TPSA) is 77.2 Å². The fourth-order valence-electron chi connectivity index (χ4n) is 4.41. The lowest BCUT2D eigenvalue weighted by molar-refractivity contribution is 0.304. The van der Waals surface area contributed by atoms with Crippen molar-refractivity contribution in [2.24, 2.45) is 7.05 Å². The van der Waals surface area contributed by atoms with Gasteiger partial charge in [0.1, 0.15) is 11.6 Å². The summed E-state index contributed by atoms with van der Waals surface area (Å²) in [5.74, 6) is 0.265. The molecular weight excluding hydrogens is 383 g/mol. The first-order valence-corrected chi connectivity index (χ1v) is 11.2. The van der Waals surface area contributed by atoms with E-state index in [0.29, 0.717) is 25.9 Å². The molecule has 1 saturated heterocycles. The van der Waals surface area contributed by atoms with E-state index in [1.54, 1.807) is 7.05 Å². The summed E-state index contributed by atoms with van der Waals surface area (Å²) in [6.07, 6.45) is 5.41. The summed E-state index contributed by atoms with van der Waals surface area (Å²) in [6, 6.07) is 5.31. The van der Waals surface area contributed by atoms with E-state index < -0.39 is 15.8 Å². The summed E-state index contributed by atoms with van der Waals surface area (Å²) >= 11 is 0. The van der Waals surface area contributed by atoms with Crippen LogP contribution in [0.3, 0.4) is 0 Å². The number of piperidine rings is 1. The zero-order valence-electron chi connectivity index (χ0n) is 15.9. The highest BCUT2D eigenvalue weighted by molar-refractivity contribution is 7.89. The number of aryl methyl sites for hydroxylation is 1. The maximum absolute atomic E-state index is 13.5. The molecule has 1 aliphatic heterocycles. The molecule has 1 aliphatic carbocycles. The lowest BCUT2D eigenvalue weighted by Crippen LogP contribution is -2.38. The van der Waals surface area contributed by atoms with Gasteiger partial charge in [-0.3, -0.25) is 4.57 Å². The molecule has 0 N–H and O–H groups in total. The van der Waals surface area contributed by atoms with Gasteiger partial charge in [0, 0.05) is 32.1 Å². The van der Waals surface area contributed by atoms with Gasteiger partial charge in [0.05, 0.1) is 4.90 Å². The number of rotatable bonds is 4. The molecule has 4 rings (SSSR count). The first-order valence-electron chi connectivity index (χ1n) is 9.79. The van der Waals surface area contributed by atoms with Crippen molar-refractivity contribution < 1.29 is 12.8 Å². The first-order chi connectivity index (χ1) is 13.4. The highest BCUT2D eigenvalue weighted by Crippen LogP contribution is 2.34. The third kappa shape index (κ3) is 3.41. The van der Waals surface area contributed by atoms with E-state index in [1.807, 2.05) is 4.57 Å². The van der Waals surface area contributed by atoms with Crippen LogP contribution in [0.1, 0.15) is 56.3 Å². The molecule has 0 spiro atoms. The summed E-state index contributed by atoms with van der Waals surface area (Å²) < 4.78 is 43.7. The number of nitrogens with zero attached hydrogens (tertiary/aromatic N) is 4. The SMILES string of the molecule is Cn1nc(C2CCN(S(=O)(=O)c3cccc(F)c3)CC2)n(C2CCCC2)c1=O. The third-order valence-corrected chi connectivity index (χ3v) is 7.82. The van der Waals surface area contributed by atoms with Gasteiger partial charge in [0.15, 0.2) is 0 Å². The highest BCUT2D eigenvalue weighted by Gasteiger charge is 2.34. The van der Waals surface area contributed by atoms with Crippen molar-refractivity contribution >= 4 is 10.0 Å². The highest BCUT2D eigenvalue weighted by atomic mass is 32.2. The van der Waals surface area contributed by atoms with Crippen LogP contribution in [0.15, 0.2) is 34.0 Å². The summed E-state index contributed by atoms with van der Waals surface area (Å²) in [5.41, 5.74) is -0.0864. The molecule has 2 aromatic rings. The quantitative estimate of drug-likeness (QED) is 0.778. The van der Waals surface area contributed by atoms with Crippen LogP contribution in [0.4, 0.5) is 4.39 Å². The van der Waals surface area contributed by atoms with Gasteiger partial charge in [-0.2, -0.15) is 9.40 Å². The molecule has 0 bridgehead atoms. The lowest BCUT2D eigenvalue weighted by atomic mass is 9.97. The van der Waals surface area contributed by atoms with Crippen LogP contribution in [-0.2, 0) is 17.1 Å². The molecule has 1 aromatic heterocycles. The minimum Gasteiger partial charge on any atom is -0.276 e. The van der Waals surface area contributed by atoms with Gasteiger partial charge in [0.25, 0.3) is 0 Å². The minimum absolute atomic E-state index is 0.0216. The zero-order valence-corrected chi connectivity index (χ0v) is 16.7. The van der Waals surface area contributed by atoms with Crippen LogP contribution in [0, 0.1) is 5.82 Å². The molecule has 2 fully saturated rings. The Morgan fingerprint density at radius 3 is 2.43 bits per heavy atom. The lowest BCUT2D eigenvalue weighted by Gasteiger charge is -2.31. The van der Waals surface area contributed by atoms with E-state index in [9.17, 15) is 17.6 Å². The molecule has 0 unspecified atom stereocenters. The number of benzene rings is 1. The van der Waals surface area contributed by atoms with Crippen molar-refractivity contribution in [3.05, 3.63) is 46.4 Å². The average molecular weight is 408 g/mol. The van der Waals surface area contributed by atoms with Crippen molar-refractivity contribution in [1.82, 2.24) is 18.7 Å². The molecular formula is C19H25FN4O3S. The van der Waals surface area contributed by atoms with Crippen molar-refractivity contribution in [2.75, 3.05) is 13.1 Å². The number of sulfonamides is 1. The molecule has 0 radical (unpaired) electrons. The molecule has 28 heavy (non-hydrogen) atoms. The maximum Gasteiger partial charge on any atom is 0.345 e. The average Bonchev–Trinajstić information content (AvgIpc) is 3.30. The van der Waals surface area contributed by atoms with Crippen LogP contribution in [-0.4, -0.2) is 40.2 Å². The Balaban J connectivity index is 1.54. The zero-order chi connectivity index (χ0) is 19.9. The summed E-state index contributed by atoms with van der Waals surface area (Å²) in [6.45, 7) is 0.665. The van der Waals surface area contributed by atoms with Gasteiger partial charge in [-0.15, -0.1) is 0 Å². The van der Waals surface area contributed by atoms with Crippen LogP contribution < -0.4 is 5.69 Å². The fraction of sp³-hybridized carbons (Fsp3) is 0.579.